The molecule has 38 heavy (non-hydrogen) atoms. The number of rotatable bonds is 10. The van der Waals surface area contributed by atoms with Crippen molar-refractivity contribution in [2.24, 2.45) is 0 Å². The van der Waals surface area contributed by atoms with Crippen molar-refractivity contribution >= 4 is 40.6 Å². The number of nitrogens with zero attached hydrogens (tertiary/aromatic N) is 2. The molecule has 1 heterocycles. The Morgan fingerprint density at radius 3 is 2.55 bits per heavy atom. The summed E-state index contributed by atoms with van der Waals surface area (Å²) in [5.41, 5.74) is 3.55. The minimum atomic E-state index is -0.404. The molecule has 0 spiro atoms. The number of imide groups is 1. The van der Waals surface area contributed by atoms with Gasteiger partial charge in [0.05, 0.1) is 29.7 Å². The van der Waals surface area contributed by atoms with E-state index in [1.165, 1.54) is 0 Å². The molecule has 0 bridgehead atoms. The summed E-state index contributed by atoms with van der Waals surface area (Å²) in [7, 11) is 0. The van der Waals surface area contributed by atoms with Crippen LogP contribution in [0.3, 0.4) is 0 Å². The van der Waals surface area contributed by atoms with Crippen molar-refractivity contribution in [3.63, 3.8) is 0 Å². The first-order valence-corrected chi connectivity index (χ1v) is 13.1. The Labute approximate surface area is 231 Å². The summed E-state index contributed by atoms with van der Waals surface area (Å²) in [6.07, 6.45) is 3.97. The quantitative estimate of drug-likeness (QED) is 0.199. The molecule has 0 aromatic heterocycles. The number of allylic oxidation sites excluding steroid dienone is 1. The number of ether oxygens (including phenoxy) is 2. The van der Waals surface area contributed by atoms with Gasteiger partial charge in [-0.2, -0.15) is 5.26 Å². The van der Waals surface area contributed by atoms with E-state index >= 15 is 0 Å². The molecule has 3 aromatic rings. The molecular weight excluding hydrogens is 520 g/mol. The van der Waals surface area contributed by atoms with Crippen LogP contribution in [0.15, 0.2) is 78.2 Å². The van der Waals surface area contributed by atoms with Gasteiger partial charge in [0.15, 0.2) is 11.5 Å². The number of nitriles is 1. The van der Waals surface area contributed by atoms with Crippen LogP contribution in [0.5, 0.6) is 11.5 Å². The fraction of sp³-hybridized carbons (Fsp3) is 0.167. The van der Waals surface area contributed by atoms with Gasteiger partial charge in [-0.3, -0.25) is 14.5 Å². The molecule has 0 radical (unpaired) electrons. The standard InChI is InChI=1S/C30H25ClN2O4S/c1-3-7-22-14-21(15-26(36-4-2)28(22)37-19-20-10-12-25(31)13-11-20)16-27-29(34)33(30(35)38-27)18-24-9-6-5-8-23(24)17-32/h3,5-6,8-16H,1,4,7,18-19H2,2H3/b27-16+. The number of benzene rings is 3. The van der Waals surface area contributed by atoms with E-state index in [2.05, 4.69) is 12.6 Å². The van der Waals surface area contributed by atoms with Crippen LogP contribution in [0.25, 0.3) is 6.08 Å². The van der Waals surface area contributed by atoms with Gasteiger partial charge >= 0.3 is 0 Å². The number of carbonyl (C=O) groups excluding carboxylic acids is 2. The SMILES string of the molecule is C=CCc1cc(/C=C2/SC(=O)N(Cc3ccccc3C#N)C2=O)cc(OCC)c1OCc1ccc(Cl)cc1. The molecule has 4 rings (SSSR count). The summed E-state index contributed by atoms with van der Waals surface area (Å²) in [4.78, 5) is 27.3. The molecule has 0 unspecified atom stereocenters. The van der Waals surface area contributed by atoms with E-state index in [0.717, 1.165) is 27.8 Å². The lowest BCUT2D eigenvalue weighted by atomic mass is 10.0. The summed E-state index contributed by atoms with van der Waals surface area (Å²) in [6, 6.07) is 20.1. The van der Waals surface area contributed by atoms with Crippen LogP contribution >= 0.6 is 23.4 Å². The van der Waals surface area contributed by atoms with Gasteiger partial charge in [-0.05, 0) is 78.2 Å². The molecule has 6 nitrogen and oxygen atoms in total. The second-order valence-corrected chi connectivity index (χ2v) is 9.81. The third-order valence-electron chi connectivity index (χ3n) is 5.75. The Hall–Kier alpha value is -3.99. The van der Waals surface area contributed by atoms with Crippen molar-refractivity contribution in [3.8, 4) is 17.6 Å². The lowest BCUT2D eigenvalue weighted by molar-refractivity contribution is -0.123. The monoisotopic (exact) mass is 544 g/mol. The Bertz CT molecular complexity index is 1440. The van der Waals surface area contributed by atoms with Crippen LogP contribution < -0.4 is 9.47 Å². The van der Waals surface area contributed by atoms with Crippen LogP contribution in [-0.2, 0) is 24.4 Å². The normalized spacial score (nSPS) is 14.0. The van der Waals surface area contributed by atoms with Crippen molar-refractivity contribution in [3.05, 3.63) is 111 Å². The molecule has 0 saturated carbocycles. The maximum absolute atomic E-state index is 13.1. The molecule has 8 heteroatoms. The van der Waals surface area contributed by atoms with Gasteiger partial charge in [0.1, 0.15) is 6.61 Å². The minimum Gasteiger partial charge on any atom is -0.490 e. The lowest BCUT2D eigenvalue weighted by Crippen LogP contribution is -2.27. The van der Waals surface area contributed by atoms with Crippen LogP contribution in [0, 0.1) is 11.3 Å². The third-order valence-corrected chi connectivity index (χ3v) is 6.91. The highest BCUT2D eigenvalue weighted by Crippen LogP contribution is 2.38. The predicted octanol–water partition coefficient (Wildman–Crippen LogP) is 7.15. The van der Waals surface area contributed by atoms with Gasteiger partial charge in [-0.25, -0.2) is 0 Å². The molecule has 1 fully saturated rings. The molecule has 1 aliphatic heterocycles. The molecule has 0 atom stereocenters. The first kappa shape index (κ1) is 27.1. The average Bonchev–Trinajstić information content (AvgIpc) is 3.17. The molecule has 1 saturated heterocycles. The van der Waals surface area contributed by atoms with Gasteiger partial charge in [-0.15, -0.1) is 6.58 Å². The minimum absolute atomic E-state index is 0.0368. The second-order valence-electron chi connectivity index (χ2n) is 8.39. The van der Waals surface area contributed by atoms with Crippen molar-refractivity contribution in [2.75, 3.05) is 6.61 Å². The van der Waals surface area contributed by atoms with E-state index in [-0.39, 0.29) is 11.8 Å². The fourth-order valence-electron chi connectivity index (χ4n) is 3.96. The first-order chi connectivity index (χ1) is 18.4. The predicted molar refractivity (Wildman–Crippen MR) is 150 cm³/mol. The summed E-state index contributed by atoms with van der Waals surface area (Å²) in [6.45, 7) is 6.52. The van der Waals surface area contributed by atoms with Crippen LogP contribution in [0.1, 0.15) is 34.7 Å². The average molecular weight is 545 g/mol. The van der Waals surface area contributed by atoms with E-state index in [1.807, 2.05) is 37.3 Å². The second kappa shape index (κ2) is 12.5. The summed E-state index contributed by atoms with van der Waals surface area (Å²) < 4.78 is 12.1. The molecule has 0 aliphatic carbocycles. The molecule has 0 N–H and O–H groups in total. The molecule has 1 aliphatic rings. The zero-order valence-corrected chi connectivity index (χ0v) is 22.3. The number of amides is 2. The zero-order chi connectivity index (χ0) is 27.1. The van der Waals surface area contributed by atoms with Crippen molar-refractivity contribution in [2.45, 2.75) is 26.5 Å². The maximum Gasteiger partial charge on any atom is 0.293 e. The van der Waals surface area contributed by atoms with E-state index < -0.39 is 5.91 Å². The number of hydrogen-bond donors (Lipinski definition) is 0. The Balaban J connectivity index is 1.62. The van der Waals surface area contributed by atoms with Gasteiger partial charge in [-0.1, -0.05) is 48.0 Å². The number of halogens is 1. The molecule has 3 aromatic carbocycles. The van der Waals surface area contributed by atoms with Crippen molar-refractivity contribution in [1.29, 1.82) is 5.26 Å². The highest BCUT2D eigenvalue weighted by molar-refractivity contribution is 8.18. The summed E-state index contributed by atoms with van der Waals surface area (Å²) in [5, 5.41) is 9.63. The Morgan fingerprint density at radius 2 is 1.84 bits per heavy atom. The van der Waals surface area contributed by atoms with Gasteiger partial charge in [0.2, 0.25) is 0 Å². The number of hydrogen-bond acceptors (Lipinski definition) is 6. The Morgan fingerprint density at radius 1 is 1.08 bits per heavy atom. The van der Waals surface area contributed by atoms with Crippen LogP contribution in [-0.4, -0.2) is 22.7 Å². The van der Waals surface area contributed by atoms with E-state index in [9.17, 15) is 14.9 Å². The third kappa shape index (κ3) is 6.28. The van der Waals surface area contributed by atoms with Crippen molar-refractivity contribution < 1.29 is 19.1 Å². The van der Waals surface area contributed by atoms with E-state index in [1.54, 1.807) is 42.5 Å². The van der Waals surface area contributed by atoms with E-state index in [0.29, 0.717) is 57.8 Å². The largest absolute Gasteiger partial charge is 0.490 e. The highest BCUT2D eigenvalue weighted by atomic mass is 35.5. The molecule has 192 valence electrons. The Kier molecular flexibility index (Phi) is 8.90. The molecule has 2 amide bonds. The first-order valence-electron chi connectivity index (χ1n) is 11.9. The number of carbonyl (C=O) groups is 2. The fourth-order valence-corrected chi connectivity index (χ4v) is 4.93. The van der Waals surface area contributed by atoms with Gasteiger partial charge in [0, 0.05) is 10.6 Å². The lowest BCUT2D eigenvalue weighted by Gasteiger charge is -2.17. The zero-order valence-electron chi connectivity index (χ0n) is 20.8. The topological polar surface area (TPSA) is 79.6 Å². The van der Waals surface area contributed by atoms with E-state index in [4.69, 9.17) is 21.1 Å². The van der Waals surface area contributed by atoms with Crippen LogP contribution in [0.4, 0.5) is 4.79 Å². The summed E-state index contributed by atoms with van der Waals surface area (Å²) >= 11 is 6.86. The summed E-state index contributed by atoms with van der Waals surface area (Å²) in [5.74, 6) is 0.730. The maximum atomic E-state index is 13.1. The van der Waals surface area contributed by atoms with Gasteiger partial charge < -0.3 is 9.47 Å². The smallest absolute Gasteiger partial charge is 0.293 e. The highest BCUT2D eigenvalue weighted by Gasteiger charge is 2.35. The van der Waals surface area contributed by atoms with Crippen molar-refractivity contribution in [1.82, 2.24) is 4.90 Å². The van der Waals surface area contributed by atoms with Gasteiger partial charge in [0.25, 0.3) is 11.1 Å². The number of thioether (sulfide) groups is 1. The molecular formula is C30H25ClN2O4S. The van der Waals surface area contributed by atoms with Crippen LogP contribution in [0.2, 0.25) is 5.02 Å².